The lowest BCUT2D eigenvalue weighted by Gasteiger charge is -2.32. The summed E-state index contributed by atoms with van der Waals surface area (Å²) in [5.41, 5.74) is -0.122. The largest absolute Gasteiger partial charge is 0.299 e. The van der Waals surface area contributed by atoms with Crippen molar-refractivity contribution in [2.45, 2.75) is 80.1 Å². The zero-order valence-corrected chi connectivity index (χ0v) is 16.9. The highest BCUT2D eigenvalue weighted by molar-refractivity contribution is 6.03. The van der Waals surface area contributed by atoms with E-state index in [1.165, 1.54) is 4.90 Å². The molecule has 25 heavy (non-hydrogen) atoms. The van der Waals surface area contributed by atoms with Gasteiger partial charge in [0.1, 0.15) is 5.78 Å². The van der Waals surface area contributed by atoms with Crippen molar-refractivity contribution in [1.82, 2.24) is 4.90 Å². The predicted molar refractivity (Wildman–Crippen MR) is 98.8 cm³/mol. The molecule has 2 fully saturated rings. The maximum Gasteiger partial charge on any atom is 0.233 e. The summed E-state index contributed by atoms with van der Waals surface area (Å²) in [5.74, 6) is 0.698. The number of amides is 2. The van der Waals surface area contributed by atoms with Crippen molar-refractivity contribution in [3.8, 4) is 0 Å². The number of carbonyl (C=O) groups is 3. The number of likely N-dealkylation sites (tertiary alicyclic amines) is 1. The van der Waals surface area contributed by atoms with Crippen LogP contribution in [0.4, 0.5) is 0 Å². The molecule has 0 aromatic heterocycles. The van der Waals surface area contributed by atoms with Crippen molar-refractivity contribution in [3.63, 3.8) is 0 Å². The Labute approximate surface area is 152 Å². The van der Waals surface area contributed by atoms with Crippen LogP contribution in [-0.4, -0.2) is 29.0 Å². The van der Waals surface area contributed by atoms with Gasteiger partial charge in [0.05, 0.1) is 5.92 Å². The molecule has 142 valence electrons. The molecule has 1 saturated carbocycles. The van der Waals surface area contributed by atoms with Gasteiger partial charge >= 0.3 is 0 Å². The molecule has 2 aliphatic rings. The van der Waals surface area contributed by atoms with Gasteiger partial charge in [-0.15, -0.1) is 0 Å². The molecule has 4 nitrogen and oxygen atoms in total. The Balaban J connectivity index is 1.87. The van der Waals surface area contributed by atoms with E-state index < -0.39 is 0 Å². The highest BCUT2D eigenvalue weighted by Crippen LogP contribution is 2.38. The molecule has 0 aromatic rings. The summed E-state index contributed by atoms with van der Waals surface area (Å²) in [4.78, 5) is 38.8. The summed E-state index contributed by atoms with van der Waals surface area (Å²) < 4.78 is 0. The molecular weight excluding hydrogens is 314 g/mol. The van der Waals surface area contributed by atoms with Gasteiger partial charge in [0, 0.05) is 25.3 Å². The lowest BCUT2D eigenvalue weighted by atomic mass is 9.76. The van der Waals surface area contributed by atoms with Crippen molar-refractivity contribution in [1.29, 1.82) is 0 Å². The summed E-state index contributed by atoms with van der Waals surface area (Å²) in [7, 11) is 0. The minimum Gasteiger partial charge on any atom is -0.299 e. The maximum atomic E-state index is 12.6. The van der Waals surface area contributed by atoms with Gasteiger partial charge in [0.2, 0.25) is 11.8 Å². The lowest BCUT2D eigenvalue weighted by molar-refractivity contribution is -0.141. The van der Waals surface area contributed by atoms with E-state index in [0.29, 0.717) is 31.1 Å². The molecule has 1 aliphatic heterocycles. The van der Waals surface area contributed by atoms with Gasteiger partial charge in [-0.05, 0) is 42.4 Å². The van der Waals surface area contributed by atoms with Crippen molar-refractivity contribution >= 4 is 17.6 Å². The molecule has 0 N–H and O–H groups in total. The average Bonchev–Trinajstić information content (AvgIpc) is 2.74. The first-order valence-electron chi connectivity index (χ1n) is 9.75. The highest BCUT2D eigenvalue weighted by atomic mass is 16.2. The van der Waals surface area contributed by atoms with Gasteiger partial charge < -0.3 is 0 Å². The van der Waals surface area contributed by atoms with Crippen LogP contribution in [0.25, 0.3) is 0 Å². The van der Waals surface area contributed by atoms with Gasteiger partial charge in [0.25, 0.3) is 0 Å². The molecule has 1 aliphatic carbocycles. The van der Waals surface area contributed by atoms with E-state index in [1.54, 1.807) is 0 Å². The molecular formula is C21H35NO3. The first kappa shape index (κ1) is 20.1. The van der Waals surface area contributed by atoms with Crippen LogP contribution in [0.1, 0.15) is 80.1 Å². The average molecular weight is 350 g/mol. The van der Waals surface area contributed by atoms with Crippen LogP contribution in [0.3, 0.4) is 0 Å². The minimum atomic E-state index is -0.190. The number of rotatable bonds is 4. The number of nitrogens with zero attached hydrogens (tertiary/aromatic N) is 1. The topological polar surface area (TPSA) is 54.5 Å². The van der Waals surface area contributed by atoms with E-state index in [4.69, 9.17) is 0 Å². The Morgan fingerprint density at radius 3 is 2.00 bits per heavy atom. The van der Waals surface area contributed by atoms with Crippen LogP contribution in [0.2, 0.25) is 0 Å². The first-order valence-corrected chi connectivity index (χ1v) is 9.75. The standard InChI is InChI=1S/C21H35NO3/c1-20(2,3)12-17(23)15-9-7-14(8-10-15)13-22-18(24)11-16(19(22)25)21(4,5)6/h14-16H,7-13H2,1-6H3. The molecule has 0 radical (unpaired) electrons. The number of carbonyl (C=O) groups excluding carboxylic acids is 3. The molecule has 0 aromatic carbocycles. The van der Waals surface area contributed by atoms with Crippen LogP contribution in [-0.2, 0) is 14.4 Å². The number of ketones is 1. The molecule has 2 rings (SSSR count). The normalized spacial score (nSPS) is 28.6. The Hall–Kier alpha value is -1.19. The van der Waals surface area contributed by atoms with Gasteiger partial charge in [-0.3, -0.25) is 19.3 Å². The zero-order chi connectivity index (χ0) is 19.0. The van der Waals surface area contributed by atoms with Crippen LogP contribution >= 0.6 is 0 Å². The summed E-state index contributed by atoms with van der Waals surface area (Å²) in [6, 6.07) is 0. The monoisotopic (exact) mass is 349 g/mol. The Kier molecular flexibility index (Phi) is 5.80. The van der Waals surface area contributed by atoms with Crippen molar-refractivity contribution in [3.05, 3.63) is 0 Å². The Morgan fingerprint density at radius 1 is 1.00 bits per heavy atom. The molecule has 1 saturated heterocycles. The predicted octanol–water partition coefficient (Wildman–Crippen LogP) is 4.22. The van der Waals surface area contributed by atoms with Gasteiger partial charge in [-0.25, -0.2) is 0 Å². The summed E-state index contributed by atoms with van der Waals surface area (Å²) in [6.45, 7) is 12.9. The van der Waals surface area contributed by atoms with E-state index in [0.717, 1.165) is 25.7 Å². The van der Waals surface area contributed by atoms with Gasteiger partial charge in [0.15, 0.2) is 0 Å². The minimum absolute atomic E-state index is 0.00318. The smallest absolute Gasteiger partial charge is 0.233 e. The fourth-order valence-electron chi connectivity index (χ4n) is 4.14. The third-order valence-electron chi connectivity index (χ3n) is 5.74. The lowest BCUT2D eigenvalue weighted by Crippen LogP contribution is -2.38. The fraction of sp³-hybridized carbons (Fsp3) is 0.857. The number of Topliss-reactive ketones (excluding diaryl/α,β-unsaturated/α-hetero) is 1. The van der Waals surface area contributed by atoms with E-state index in [-0.39, 0.29) is 34.5 Å². The van der Waals surface area contributed by atoms with Gasteiger partial charge in [-0.1, -0.05) is 41.5 Å². The summed E-state index contributed by atoms with van der Waals surface area (Å²) in [5, 5.41) is 0. The second-order valence-electron chi connectivity index (χ2n) is 10.4. The molecule has 2 amide bonds. The third kappa shape index (κ3) is 5.15. The third-order valence-corrected chi connectivity index (χ3v) is 5.74. The molecule has 4 heteroatoms. The molecule has 1 atom stereocenters. The number of hydrogen-bond acceptors (Lipinski definition) is 3. The van der Waals surface area contributed by atoms with Crippen LogP contribution < -0.4 is 0 Å². The fourth-order valence-corrected chi connectivity index (χ4v) is 4.14. The van der Waals surface area contributed by atoms with Crippen molar-refractivity contribution in [2.75, 3.05) is 6.54 Å². The first-order chi connectivity index (χ1) is 11.4. The van der Waals surface area contributed by atoms with E-state index in [2.05, 4.69) is 20.8 Å². The highest BCUT2D eigenvalue weighted by Gasteiger charge is 2.45. The van der Waals surface area contributed by atoms with Crippen molar-refractivity contribution < 1.29 is 14.4 Å². The van der Waals surface area contributed by atoms with Crippen LogP contribution in [0.5, 0.6) is 0 Å². The maximum absolute atomic E-state index is 12.6. The van der Waals surface area contributed by atoms with E-state index in [1.807, 2.05) is 20.8 Å². The van der Waals surface area contributed by atoms with Gasteiger partial charge in [-0.2, -0.15) is 0 Å². The summed E-state index contributed by atoms with van der Waals surface area (Å²) in [6.07, 6.45) is 4.67. The number of hydrogen-bond donors (Lipinski definition) is 0. The Bertz CT molecular complexity index is 530. The number of imide groups is 1. The molecule has 1 unspecified atom stereocenters. The van der Waals surface area contributed by atoms with E-state index in [9.17, 15) is 14.4 Å². The second-order valence-corrected chi connectivity index (χ2v) is 10.4. The quantitative estimate of drug-likeness (QED) is 0.714. The summed E-state index contributed by atoms with van der Waals surface area (Å²) >= 11 is 0. The van der Waals surface area contributed by atoms with Crippen LogP contribution in [0.15, 0.2) is 0 Å². The molecule has 0 bridgehead atoms. The molecule has 0 spiro atoms. The van der Waals surface area contributed by atoms with Crippen molar-refractivity contribution in [2.24, 2.45) is 28.6 Å². The second kappa shape index (κ2) is 7.20. The van der Waals surface area contributed by atoms with E-state index >= 15 is 0 Å². The molecule has 1 heterocycles. The Morgan fingerprint density at radius 2 is 1.56 bits per heavy atom. The SMILES string of the molecule is CC(C)(C)CC(=O)C1CCC(CN2C(=O)CC(C(C)(C)C)C2=O)CC1. The van der Waals surface area contributed by atoms with Crippen LogP contribution in [0, 0.1) is 28.6 Å². The zero-order valence-electron chi connectivity index (χ0n) is 16.9.